The fourth-order valence-electron chi connectivity index (χ4n) is 1.42. The van der Waals surface area contributed by atoms with Crippen LogP contribution in [0.2, 0.25) is 5.02 Å². The Balaban J connectivity index is 2.10. The minimum atomic E-state index is 0.482. The molecule has 1 N–H and O–H groups in total. The van der Waals surface area contributed by atoms with Crippen LogP contribution in [0.1, 0.15) is 19.5 Å². The van der Waals surface area contributed by atoms with Crippen LogP contribution in [0.5, 0.6) is 0 Å². The molecule has 0 aliphatic heterocycles. The average Bonchev–Trinajstić information content (AvgIpc) is 2.76. The van der Waals surface area contributed by atoms with Crippen molar-refractivity contribution in [2.24, 2.45) is 0 Å². The van der Waals surface area contributed by atoms with Gasteiger partial charge in [0, 0.05) is 28.6 Å². The molecule has 4 heteroatoms. The zero-order chi connectivity index (χ0) is 12.3. The van der Waals surface area contributed by atoms with Crippen molar-refractivity contribution in [3.05, 3.63) is 40.4 Å². The molecule has 0 bridgehead atoms. The van der Waals surface area contributed by atoms with E-state index >= 15 is 0 Å². The molecule has 0 aliphatic carbocycles. The van der Waals surface area contributed by atoms with Gasteiger partial charge in [0.2, 0.25) is 0 Å². The lowest BCUT2D eigenvalue weighted by Gasteiger charge is -2.04. The van der Waals surface area contributed by atoms with E-state index in [4.69, 9.17) is 11.6 Å². The van der Waals surface area contributed by atoms with Crippen molar-refractivity contribution in [1.82, 2.24) is 10.3 Å². The molecule has 1 heterocycles. The summed E-state index contributed by atoms with van der Waals surface area (Å²) in [6.07, 6.45) is 0. The van der Waals surface area contributed by atoms with Crippen LogP contribution in [0.3, 0.4) is 0 Å². The van der Waals surface area contributed by atoms with Gasteiger partial charge in [-0.3, -0.25) is 0 Å². The summed E-state index contributed by atoms with van der Waals surface area (Å²) >= 11 is 7.53. The summed E-state index contributed by atoms with van der Waals surface area (Å²) in [5.41, 5.74) is 2.21. The van der Waals surface area contributed by atoms with Crippen molar-refractivity contribution < 1.29 is 0 Å². The predicted molar refractivity (Wildman–Crippen MR) is 74.5 cm³/mol. The number of hydrogen-bond acceptors (Lipinski definition) is 3. The van der Waals surface area contributed by atoms with E-state index in [9.17, 15) is 0 Å². The second kappa shape index (κ2) is 5.63. The molecule has 0 amide bonds. The zero-order valence-electron chi connectivity index (χ0n) is 9.90. The molecule has 0 aliphatic rings. The maximum absolute atomic E-state index is 5.86. The van der Waals surface area contributed by atoms with Gasteiger partial charge in [-0.05, 0) is 12.1 Å². The smallest absolute Gasteiger partial charge is 0.123 e. The monoisotopic (exact) mass is 266 g/mol. The molecule has 1 aromatic heterocycles. The maximum atomic E-state index is 5.86. The Kier molecular flexibility index (Phi) is 4.15. The lowest BCUT2D eigenvalue weighted by molar-refractivity contribution is 0.583. The van der Waals surface area contributed by atoms with Crippen molar-refractivity contribution in [3.63, 3.8) is 0 Å². The van der Waals surface area contributed by atoms with Gasteiger partial charge in [-0.2, -0.15) is 0 Å². The van der Waals surface area contributed by atoms with Crippen LogP contribution in [0.15, 0.2) is 29.6 Å². The highest BCUT2D eigenvalue weighted by Gasteiger charge is 2.04. The van der Waals surface area contributed by atoms with Crippen molar-refractivity contribution >= 4 is 22.9 Å². The van der Waals surface area contributed by atoms with Crippen LogP contribution < -0.4 is 5.32 Å². The van der Waals surface area contributed by atoms with Crippen LogP contribution in [0.4, 0.5) is 0 Å². The SMILES string of the molecule is CC(C)NCc1csc(-c2ccc(Cl)cc2)n1. The first-order valence-electron chi connectivity index (χ1n) is 5.59. The Morgan fingerprint density at radius 2 is 2.00 bits per heavy atom. The molecule has 0 unspecified atom stereocenters. The molecule has 0 spiro atoms. The van der Waals surface area contributed by atoms with Gasteiger partial charge in [0.15, 0.2) is 0 Å². The molecular formula is C13H15ClN2S. The average molecular weight is 267 g/mol. The van der Waals surface area contributed by atoms with E-state index in [2.05, 4.69) is 29.5 Å². The highest BCUT2D eigenvalue weighted by atomic mass is 35.5. The van der Waals surface area contributed by atoms with Gasteiger partial charge in [-0.1, -0.05) is 37.6 Å². The summed E-state index contributed by atoms with van der Waals surface area (Å²) in [5, 5.41) is 7.26. The molecular weight excluding hydrogens is 252 g/mol. The van der Waals surface area contributed by atoms with Gasteiger partial charge in [0.25, 0.3) is 0 Å². The molecule has 17 heavy (non-hydrogen) atoms. The van der Waals surface area contributed by atoms with Crippen LogP contribution in [-0.2, 0) is 6.54 Å². The molecule has 2 aromatic rings. The number of hydrogen-bond donors (Lipinski definition) is 1. The molecule has 2 rings (SSSR count). The van der Waals surface area contributed by atoms with E-state index in [1.807, 2.05) is 24.3 Å². The Labute approximate surface area is 111 Å². The Morgan fingerprint density at radius 3 is 2.65 bits per heavy atom. The van der Waals surface area contributed by atoms with E-state index in [1.54, 1.807) is 11.3 Å². The molecule has 0 radical (unpaired) electrons. The zero-order valence-corrected chi connectivity index (χ0v) is 11.5. The first-order chi connectivity index (χ1) is 8.15. The molecule has 0 fully saturated rings. The molecule has 1 aromatic carbocycles. The molecule has 0 atom stereocenters. The van der Waals surface area contributed by atoms with Gasteiger partial charge in [-0.25, -0.2) is 4.98 Å². The van der Waals surface area contributed by atoms with Crippen LogP contribution in [-0.4, -0.2) is 11.0 Å². The predicted octanol–water partition coefficient (Wildman–Crippen LogP) is 3.96. The topological polar surface area (TPSA) is 24.9 Å². The number of nitrogens with zero attached hydrogens (tertiary/aromatic N) is 1. The van der Waals surface area contributed by atoms with Gasteiger partial charge in [0.1, 0.15) is 5.01 Å². The van der Waals surface area contributed by atoms with Crippen molar-refractivity contribution in [3.8, 4) is 10.6 Å². The fourth-order valence-corrected chi connectivity index (χ4v) is 2.37. The largest absolute Gasteiger partial charge is 0.309 e. The van der Waals surface area contributed by atoms with E-state index in [1.165, 1.54) is 0 Å². The van der Waals surface area contributed by atoms with Gasteiger partial charge < -0.3 is 5.32 Å². The third-order valence-electron chi connectivity index (χ3n) is 2.33. The minimum absolute atomic E-state index is 0.482. The lowest BCUT2D eigenvalue weighted by Crippen LogP contribution is -2.21. The quantitative estimate of drug-likeness (QED) is 0.906. The van der Waals surface area contributed by atoms with E-state index in [-0.39, 0.29) is 0 Å². The number of thiazole rings is 1. The minimum Gasteiger partial charge on any atom is -0.309 e. The molecule has 0 saturated carbocycles. The first kappa shape index (κ1) is 12.6. The van der Waals surface area contributed by atoms with Gasteiger partial charge in [-0.15, -0.1) is 11.3 Å². The van der Waals surface area contributed by atoms with Crippen LogP contribution in [0, 0.1) is 0 Å². The molecule has 0 saturated heterocycles. The normalized spacial score (nSPS) is 11.1. The number of benzene rings is 1. The summed E-state index contributed by atoms with van der Waals surface area (Å²) < 4.78 is 0. The Hall–Kier alpha value is -0.900. The molecule has 2 nitrogen and oxygen atoms in total. The first-order valence-corrected chi connectivity index (χ1v) is 6.84. The summed E-state index contributed by atoms with van der Waals surface area (Å²) in [4.78, 5) is 4.60. The number of aromatic nitrogens is 1. The highest BCUT2D eigenvalue weighted by Crippen LogP contribution is 2.24. The number of nitrogens with one attached hydrogen (secondary N) is 1. The number of halogens is 1. The molecule has 90 valence electrons. The third kappa shape index (κ3) is 3.53. The fraction of sp³-hybridized carbons (Fsp3) is 0.308. The summed E-state index contributed by atoms with van der Waals surface area (Å²) in [6, 6.07) is 8.27. The third-order valence-corrected chi connectivity index (χ3v) is 3.53. The lowest BCUT2D eigenvalue weighted by atomic mass is 10.2. The Morgan fingerprint density at radius 1 is 1.29 bits per heavy atom. The van der Waals surface area contributed by atoms with Gasteiger partial charge in [0.05, 0.1) is 5.69 Å². The number of rotatable bonds is 4. The van der Waals surface area contributed by atoms with E-state index in [0.29, 0.717) is 6.04 Å². The van der Waals surface area contributed by atoms with Crippen molar-refractivity contribution in [2.45, 2.75) is 26.4 Å². The highest BCUT2D eigenvalue weighted by molar-refractivity contribution is 7.13. The van der Waals surface area contributed by atoms with Crippen molar-refractivity contribution in [2.75, 3.05) is 0 Å². The second-order valence-electron chi connectivity index (χ2n) is 4.19. The summed E-state index contributed by atoms with van der Waals surface area (Å²) in [5.74, 6) is 0. The van der Waals surface area contributed by atoms with Crippen LogP contribution >= 0.6 is 22.9 Å². The van der Waals surface area contributed by atoms with Gasteiger partial charge >= 0.3 is 0 Å². The van der Waals surface area contributed by atoms with E-state index in [0.717, 1.165) is 27.8 Å². The maximum Gasteiger partial charge on any atom is 0.123 e. The Bertz CT molecular complexity index is 476. The summed E-state index contributed by atoms with van der Waals surface area (Å²) in [6.45, 7) is 5.08. The summed E-state index contributed by atoms with van der Waals surface area (Å²) in [7, 11) is 0. The van der Waals surface area contributed by atoms with Crippen LogP contribution in [0.25, 0.3) is 10.6 Å². The van der Waals surface area contributed by atoms with E-state index < -0.39 is 0 Å². The van der Waals surface area contributed by atoms with Crippen molar-refractivity contribution in [1.29, 1.82) is 0 Å². The second-order valence-corrected chi connectivity index (χ2v) is 5.48. The standard InChI is InChI=1S/C13H15ClN2S/c1-9(2)15-7-12-8-17-13(16-12)10-3-5-11(14)6-4-10/h3-6,8-9,15H,7H2,1-2H3.